The zero-order valence-corrected chi connectivity index (χ0v) is 9.06. The van der Waals surface area contributed by atoms with Crippen LogP contribution in [0.15, 0.2) is 0 Å². The molecule has 0 N–H and O–H groups in total. The van der Waals surface area contributed by atoms with Crippen molar-refractivity contribution in [1.82, 2.24) is 0 Å². The summed E-state index contributed by atoms with van der Waals surface area (Å²) >= 11 is 0. The third-order valence-corrected chi connectivity index (χ3v) is 2.90. The van der Waals surface area contributed by atoms with Gasteiger partial charge in [-0.3, -0.25) is 0 Å². The Bertz CT molecular complexity index is 106. The van der Waals surface area contributed by atoms with E-state index in [2.05, 4.69) is 6.92 Å². The van der Waals surface area contributed by atoms with Crippen molar-refractivity contribution in [3.8, 4) is 0 Å². The lowest BCUT2D eigenvalue weighted by Gasteiger charge is -2.22. The summed E-state index contributed by atoms with van der Waals surface area (Å²) in [5.41, 5.74) is 0. The number of rotatable bonds is 6. The van der Waals surface area contributed by atoms with E-state index in [1.165, 1.54) is 57.8 Å². The molecule has 0 unspecified atom stereocenters. The fourth-order valence-corrected chi connectivity index (χ4v) is 2.01. The highest BCUT2D eigenvalue weighted by Gasteiger charge is 2.12. The van der Waals surface area contributed by atoms with Gasteiger partial charge >= 0.3 is 0 Å². The Balaban J connectivity index is 1.86. The fraction of sp³-hybridized carbons (Fsp3) is 1.00. The van der Waals surface area contributed by atoms with Gasteiger partial charge in [-0.15, -0.1) is 0 Å². The molecule has 1 rings (SSSR count). The molecule has 0 aromatic heterocycles. The minimum absolute atomic E-state index is 0.607. The van der Waals surface area contributed by atoms with Crippen LogP contribution in [0.3, 0.4) is 0 Å². The Morgan fingerprint density at radius 1 is 1.08 bits per heavy atom. The molecule has 0 bridgehead atoms. The standard InChI is InChI=1S/C12H24O/c1-2-3-4-5-6-9-12-10-7-8-11-13-12/h12H,2-11H2,1H3/t12-/m1/s1. The second-order valence-corrected chi connectivity index (χ2v) is 4.19. The highest BCUT2D eigenvalue weighted by atomic mass is 16.5. The van der Waals surface area contributed by atoms with Gasteiger partial charge in [-0.25, -0.2) is 0 Å². The van der Waals surface area contributed by atoms with Crippen molar-refractivity contribution < 1.29 is 4.74 Å². The van der Waals surface area contributed by atoms with Crippen LogP contribution in [0.4, 0.5) is 0 Å². The molecule has 0 spiro atoms. The van der Waals surface area contributed by atoms with E-state index in [4.69, 9.17) is 4.74 Å². The molecular formula is C12H24O. The van der Waals surface area contributed by atoms with Gasteiger partial charge in [0, 0.05) is 6.61 Å². The van der Waals surface area contributed by atoms with E-state index in [-0.39, 0.29) is 0 Å². The van der Waals surface area contributed by atoms with Crippen LogP contribution in [0.5, 0.6) is 0 Å². The third-order valence-electron chi connectivity index (χ3n) is 2.90. The first-order valence-electron chi connectivity index (χ1n) is 6.05. The highest BCUT2D eigenvalue weighted by Crippen LogP contribution is 2.18. The molecular weight excluding hydrogens is 160 g/mol. The number of ether oxygens (including phenoxy) is 1. The van der Waals surface area contributed by atoms with Gasteiger partial charge in [0.1, 0.15) is 0 Å². The molecule has 0 radical (unpaired) electrons. The molecule has 0 saturated carbocycles. The van der Waals surface area contributed by atoms with Crippen molar-refractivity contribution in [2.75, 3.05) is 6.61 Å². The van der Waals surface area contributed by atoms with Crippen LogP contribution in [-0.2, 0) is 4.74 Å². The molecule has 1 saturated heterocycles. The van der Waals surface area contributed by atoms with Gasteiger partial charge in [-0.05, 0) is 25.7 Å². The van der Waals surface area contributed by atoms with E-state index in [0.29, 0.717) is 6.10 Å². The molecule has 1 atom stereocenters. The largest absolute Gasteiger partial charge is 0.378 e. The molecule has 0 aliphatic carbocycles. The van der Waals surface area contributed by atoms with E-state index in [9.17, 15) is 0 Å². The lowest BCUT2D eigenvalue weighted by molar-refractivity contribution is 0.00977. The van der Waals surface area contributed by atoms with Crippen molar-refractivity contribution in [2.45, 2.75) is 70.8 Å². The quantitative estimate of drug-likeness (QED) is 0.569. The SMILES string of the molecule is CCCCCCC[C@@H]1CCCCO1. The monoisotopic (exact) mass is 184 g/mol. The van der Waals surface area contributed by atoms with Crippen LogP contribution in [0, 0.1) is 0 Å². The first-order chi connectivity index (χ1) is 6.43. The van der Waals surface area contributed by atoms with Gasteiger partial charge in [0.15, 0.2) is 0 Å². The van der Waals surface area contributed by atoms with E-state index in [0.717, 1.165) is 6.61 Å². The van der Waals surface area contributed by atoms with Gasteiger partial charge in [0.05, 0.1) is 6.10 Å². The van der Waals surface area contributed by atoms with E-state index >= 15 is 0 Å². The lowest BCUT2D eigenvalue weighted by Crippen LogP contribution is -2.18. The molecule has 0 aromatic rings. The maximum Gasteiger partial charge on any atom is 0.0575 e. The Labute approximate surface area is 82.9 Å². The predicted octanol–water partition coefficient (Wildman–Crippen LogP) is 3.92. The Hall–Kier alpha value is -0.0400. The summed E-state index contributed by atoms with van der Waals surface area (Å²) in [6.45, 7) is 3.28. The van der Waals surface area contributed by atoms with Crippen LogP contribution in [0.2, 0.25) is 0 Å². The molecule has 1 fully saturated rings. The molecule has 78 valence electrons. The molecule has 1 heterocycles. The van der Waals surface area contributed by atoms with Crippen molar-refractivity contribution in [3.63, 3.8) is 0 Å². The van der Waals surface area contributed by atoms with Crippen LogP contribution in [-0.4, -0.2) is 12.7 Å². The van der Waals surface area contributed by atoms with Crippen molar-refractivity contribution in [2.24, 2.45) is 0 Å². The molecule has 1 aliphatic rings. The first-order valence-corrected chi connectivity index (χ1v) is 6.05. The maximum absolute atomic E-state index is 5.68. The van der Waals surface area contributed by atoms with Crippen LogP contribution in [0.1, 0.15) is 64.7 Å². The van der Waals surface area contributed by atoms with Crippen LogP contribution < -0.4 is 0 Å². The summed E-state index contributed by atoms with van der Waals surface area (Å²) < 4.78 is 5.68. The summed E-state index contributed by atoms with van der Waals surface area (Å²) in [6.07, 6.45) is 12.9. The smallest absolute Gasteiger partial charge is 0.0575 e. The molecule has 1 aliphatic heterocycles. The zero-order chi connectivity index (χ0) is 9.36. The lowest BCUT2D eigenvalue weighted by atomic mass is 10.0. The summed E-state index contributed by atoms with van der Waals surface area (Å²) in [5, 5.41) is 0. The number of hydrogen-bond acceptors (Lipinski definition) is 1. The molecule has 13 heavy (non-hydrogen) atoms. The second kappa shape index (κ2) is 7.37. The molecule has 0 amide bonds. The van der Waals surface area contributed by atoms with E-state index in [1.807, 2.05) is 0 Å². The predicted molar refractivity (Wildman–Crippen MR) is 57.0 cm³/mol. The van der Waals surface area contributed by atoms with Gasteiger partial charge in [-0.2, -0.15) is 0 Å². The van der Waals surface area contributed by atoms with Gasteiger partial charge in [0.25, 0.3) is 0 Å². The minimum atomic E-state index is 0.607. The third kappa shape index (κ3) is 5.30. The summed E-state index contributed by atoms with van der Waals surface area (Å²) in [7, 11) is 0. The summed E-state index contributed by atoms with van der Waals surface area (Å²) in [6, 6.07) is 0. The Kier molecular flexibility index (Phi) is 6.26. The average molecular weight is 184 g/mol. The first kappa shape index (κ1) is 11.0. The summed E-state index contributed by atoms with van der Waals surface area (Å²) in [4.78, 5) is 0. The van der Waals surface area contributed by atoms with Crippen LogP contribution >= 0.6 is 0 Å². The van der Waals surface area contributed by atoms with Gasteiger partial charge in [0.2, 0.25) is 0 Å². The minimum Gasteiger partial charge on any atom is -0.378 e. The van der Waals surface area contributed by atoms with Gasteiger partial charge in [-0.1, -0.05) is 39.0 Å². The normalized spacial score (nSPS) is 23.3. The fourth-order valence-electron chi connectivity index (χ4n) is 2.01. The van der Waals surface area contributed by atoms with Crippen LogP contribution in [0.25, 0.3) is 0 Å². The van der Waals surface area contributed by atoms with E-state index in [1.54, 1.807) is 0 Å². The molecule has 0 aromatic carbocycles. The van der Waals surface area contributed by atoms with Gasteiger partial charge < -0.3 is 4.74 Å². The van der Waals surface area contributed by atoms with Crippen molar-refractivity contribution in [1.29, 1.82) is 0 Å². The highest BCUT2D eigenvalue weighted by molar-refractivity contribution is 4.63. The summed E-state index contributed by atoms with van der Waals surface area (Å²) in [5.74, 6) is 0. The average Bonchev–Trinajstić information content (AvgIpc) is 2.19. The second-order valence-electron chi connectivity index (χ2n) is 4.19. The zero-order valence-electron chi connectivity index (χ0n) is 9.06. The van der Waals surface area contributed by atoms with E-state index < -0.39 is 0 Å². The number of hydrogen-bond donors (Lipinski definition) is 0. The van der Waals surface area contributed by atoms with Crippen molar-refractivity contribution in [3.05, 3.63) is 0 Å². The number of unbranched alkanes of at least 4 members (excludes halogenated alkanes) is 4. The maximum atomic E-state index is 5.68. The topological polar surface area (TPSA) is 9.23 Å². The Morgan fingerprint density at radius 3 is 2.62 bits per heavy atom. The Morgan fingerprint density at radius 2 is 1.92 bits per heavy atom. The molecule has 1 nitrogen and oxygen atoms in total. The molecule has 1 heteroatoms. The van der Waals surface area contributed by atoms with Crippen molar-refractivity contribution >= 4 is 0 Å².